The van der Waals surface area contributed by atoms with Gasteiger partial charge in [-0.25, -0.2) is 0 Å². The summed E-state index contributed by atoms with van der Waals surface area (Å²) in [5, 5.41) is 2.89. The highest BCUT2D eigenvalue weighted by molar-refractivity contribution is 6.00. The van der Waals surface area contributed by atoms with Crippen molar-refractivity contribution >= 4 is 17.5 Å². The number of hydrogen-bond donors (Lipinski definition) is 2. The van der Waals surface area contributed by atoms with Crippen molar-refractivity contribution in [1.29, 1.82) is 0 Å². The van der Waals surface area contributed by atoms with Crippen LogP contribution in [-0.2, 0) is 9.53 Å². The van der Waals surface area contributed by atoms with Gasteiger partial charge >= 0.3 is 0 Å². The number of rotatable bonds is 3. The molecule has 2 amide bonds. The van der Waals surface area contributed by atoms with Gasteiger partial charge in [0.2, 0.25) is 5.91 Å². The second-order valence-corrected chi connectivity index (χ2v) is 6.66. The van der Waals surface area contributed by atoms with E-state index >= 15 is 0 Å². The number of nitrogens with zero attached hydrogens (tertiary/aromatic N) is 1. The molecule has 1 aliphatic heterocycles. The minimum atomic E-state index is -0.789. The van der Waals surface area contributed by atoms with Crippen LogP contribution in [0.1, 0.15) is 42.5 Å². The molecule has 0 aromatic heterocycles. The van der Waals surface area contributed by atoms with Crippen molar-refractivity contribution in [2.24, 2.45) is 5.73 Å². The van der Waals surface area contributed by atoms with Crippen LogP contribution in [0.5, 0.6) is 0 Å². The van der Waals surface area contributed by atoms with Crippen LogP contribution < -0.4 is 11.1 Å². The first kappa shape index (κ1) is 16.9. The van der Waals surface area contributed by atoms with Gasteiger partial charge in [-0.2, -0.15) is 0 Å². The Hall–Kier alpha value is -1.92. The molecule has 0 unspecified atom stereocenters. The third-order valence-electron chi connectivity index (χ3n) is 4.86. The first-order valence-corrected chi connectivity index (χ1v) is 8.66. The predicted molar refractivity (Wildman–Crippen MR) is 91.8 cm³/mol. The Morgan fingerprint density at radius 1 is 1.12 bits per heavy atom. The standard InChI is InChI=1S/C18H25N3O3/c19-18(7-2-1-3-8-18)17(23)20-15-6-4-5-14(13-15)16(22)21-9-11-24-12-10-21/h4-6,13H,1-3,7-12,19H2,(H,20,23). The van der Waals surface area contributed by atoms with Gasteiger partial charge in [0.1, 0.15) is 0 Å². The summed E-state index contributed by atoms with van der Waals surface area (Å²) in [5.74, 6) is -0.187. The molecule has 2 fully saturated rings. The first-order valence-electron chi connectivity index (χ1n) is 8.66. The minimum absolute atomic E-state index is 0.0328. The van der Waals surface area contributed by atoms with Crippen LogP contribution in [0.2, 0.25) is 0 Å². The lowest BCUT2D eigenvalue weighted by Crippen LogP contribution is -2.52. The number of carbonyl (C=O) groups excluding carboxylic acids is 2. The Kier molecular flexibility index (Phi) is 5.16. The van der Waals surface area contributed by atoms with Gasteiger partial charge in [0, 0.05) is 24.3 Å². The van der Waals surface area contributed by atoms with E-state index in [0.717, 1.165) is 19.3 Å². The lowest BCUT2D eigenvalue weighted by Gasteiger charge is -2.31. The average molecular weight is 331 g/mol. The van der Waals surface area contributed by atoms with E-state index in [9.17, 15) is 9.59 Å². The molecule has 24 heavy (non-hydrogen) atoms. The lowest BCUT2D eigenvalue weighted by atomic mass is 9.82. The van der Waals surface area contributed by atoms with Crippen LogP contribution >= 0.6 is 0 Å². The van der Waals surface area contributed by atoms with Crippen LogP contribution in [0.25, 0.3) is 0 Å². The molecule has 1 heterocycles. The maximum atomic E-state index is 12.5. The molecule has 3 rings (SSSR count). The number of ether oxygens (including phenoxy) is 1. The summed E-state index contributed by atoms with van der Waals surface area (Å²) in [7, 11) is 0. The topological polar surface area (TPSA) is 84.7 Å². The maximum absolute atomic E-state index is 12.5. The predicted octanol–water partition coefficient (Wildman–Crippen LogP) is 1.76. The summed E-state index contributed by atoms with van der Waals surface area (Å²) in [6.45, 7) is 2.33. The number of nitrogens with two attached hydrogens (primary N) is 1. The van der Waals surface area contributed by atoms with Crippen LogP contribution in [0.4, 0.5) is 5.69 Å². The first-order chi connectivity index (χ1) is 11.6. The highest BCUT2D eigenvalue weighted by atomic mass is 16.5. The average Bonchev–Trinajstić information content (AvgIpc) is 2.62. The number of amides is 2. The van der Waals surface area contributed by atoms with E-state index in [1.54, 1.807) is 29.2 Å². The Bertz CT molecular complexity index is 605. The maximum Gasteiger partial charge on any atom is 0.254 e. The van der Waals surface area contributed by atoms with Gasteiger partial charge in [0.05, 0.1) is 18.8 Å². The number of morpholine rings is 1. The molecule has 2 aliphatic rings. The zero-order valence-electron chi connectivity index (χ0n) is 13.9. The number of carbonyl (C=O) groups is 2. The highest BCUT2D eigenvalue weighted by Gasteiger charge is 2.35. The quantitative estimate of drug-likeness (QED) is 0.884. The zero-order valence-corrected chi connectivity index (χ0v) is 13.9. The lowest BCUT2D eigenvalue weighted by molar-refractivity contribution is -0.122. The van der Waals surface area contributed by atoms with Gasteiger partial charge in [-0.05, 0) is 31.0 Å². The number of anilines is 1. The molecule has 1 aromatic carbocycles. The van der Waals surface area contributed by atoms with Crippen LogP contribution in [-0.4, -0.2) is 48.6 Å². The van der Waals surface area contributed by atoms with Crippen LogP contribution in [0, 0.1) is 0 Å². The minimum Gasteiger partial charge on any atom is -0.378 e. The van der Waals surface area contributed by atoms with Crippen molar-refractivity contribution < 1.29 is 14.3 Å². The van der Waals surface area contributed by atoms with Crippen molar-refractivity contribution in [1.82, 2.24) is 4.90 Å². The zero-order chi connectivity index (χ0) is 17.0. The molecule has 1 aliphatic carbocycles. The summed E-state index contributed by atoms with van der Waals surface area (Å²) in [5.41, 5.74) is 6.67. The van der Waals surface area contributed by atoms with E-state index in [2.05, 4.69) is 5.32 Å². The molecule has 1 saturated carbocycles. The van der Waals surface area contributed by atoms with Gasteiger partial charge in [-0.1, -0.05) is 25.3 Å². The van der Waals surface area contributed by atoms with Gasteiger partial charge < -0.3 is 20.7 Å². The summed E-state index contributed by atoms with van der Waals surface area (Å²) in [6, 6.07) is 7.07. The van der Waals surface area contributed by atoms with Gasteiger partial charge in [0.15, 0.2) is 0 Å². The summed E-state index contributed by atoms with van der Waals surface area (Å²) in [4.78, 5) is 26.8. The van der Waals surface area contributed by atoms with E-state index in [1.165, 1.54) is 0 Å². The Morgan fingerprint density at radius 2 is 1.83 bits per heavy atom. The molecule has 0 atom stereocenters. The fourth-order valence-electron chi connectivity index (χ4n) is 3.34. The molecule has 0 spiro atoms. The second kappa shape index (κ2) is 7.32. The fraction of sp³-hybridized carbons (Fsp3) is 0.556. The monoisotopic (exact) mass is 331 g/mol. The smallest absolute Gasteiger partial charge is 0.254 e. The summed E-state index contributed by atoms with van der Waals surface area (Å²) in [6.07, 6.45) is 4.53. The van der Waals surface area contributed by atoms with Crippen molar-refractivity contribution in [3.05, 3.63) is 29.8 Å². The molecule has 6 nitrogen and oxygen atoms in total. The SMILES string of the molecule is NC1(C(=O)Nc2cccc(C(=O)N3CCOCC3)c2)CCCCC1. The van der Waals surface area contributed by atoms with Crippen LogP contribution in [0.3, 0.4) is 0 Å². The van der Waals surface area contributed by atoms with E-state index in [0.29, 0.717) is 50.4 Å². The van der Waals surface area contributed by atoms with Gasteiger partial charge in [0.25, 0.3) is 5.91 Å². The van der Waals surface area contributed by atoms with Gasteiger partial charge in [-0.15, -0.1) is 0 Å². The molecule has 1 aromatic rings. The highest BCUT2D eigenvalue weighted by Crippen LogP contribution is 2.27. The second-order valence-electron chi connectivity index (χ2n) is 6.66. The molecule has 3 N–H and O–H groups in total. The molecule has 6 heteroatoms. The van der Waals surface area contributed by atoms with E-state index < -0.39 is 5.54 Å². The largest absolute Gasteiger partial charge is 0.378 e. The van der Waals surface area contributed by atoms with Crippen molar-refractivity contribution in [3.63, 3.8) is 0 Å². The van der Waals surface area contributed by atoms with Crippen molar-refractivity contribution in [3.8, 4) is 0 Å². The molecule has 130 valence electrons. The Balaban J connectivity index is 1.68. The molecule has 1 saturated heterocycles. The molecular formula is C18H25N3O3. The van der Waals surface area contributed by atoms with Gasteiger partial charge in [-0.3, -0.25) is 9.59 Å². The molecule has 0 radical (unpaired) electrons. The van der Waals surface area contributed by atoms with E-state index in [1.807, 2.05) is 0 Å². The third kappa shape index (κ3) is 3.76. The number of hydrogen-bond acceptors (Lipinski definition) is 4. The summed E-state index contributed by atoms with van der Waals surface area (Å²) >= 11 is 0. The van der Waals surface area contributed by atoms with Crippen LogP contribution in [0.15, 0.2) is 24.3 Å². The Morgan fingerprint density at radius 3 is 2.54 bits per heavy atom. The van der Waals surface area contributed by atoms with E-state index in [4.69, 9.17) is 10.5 Å². The van der Waals surface area contributed by atoms with Crippen molar-refractivity contribution in [2.75, 3.05) is 31.6 Å². The Labute approximate surface area is 142 Å². The van der Waals surface area contributed by atoms with Crippen molar-refractivity contribution in [2.45, 2.75) is 37.6 Å². The van der Waals surface area contributed by atoms with E-state index in [-0.39, 0.29) is 11.8 Å². The fourth-order valence-corrected chi connectivity index (χ4v) is 3.34. The third-order valence-corrected chi connectivity index (χ3v) is 4.86. The normalized spacial score (nSPS) is 20.5. The number of nitrogens with one attached hydrogen (secondary N) is 1. The summed E-state index contributed by atoms with van der Waals surface area (Å²) < 4.78 is 5.28. The molecular weight excluding hydrogens is 306 g/mol. The molecule has 0 bridgehead atoms. The number of benzene rings is 1.